The predicted molar refractivity (Wildman–Crippen MR) is 73.9 cm³/mol. The van der Waals surface area contributed by atoms with Gasteiger partial charge in [-0.05, 0) is 24.3 Å². The van der Waals surface area contributed by atoms with E-state index in [1.54, 1.807) is 12.1 Å². The molecule has 2 aromatic carbocycles. The first kappa shape index (κ1) is 13.6. The lowest BCUT2D eigenvalue weighted by Gasteiger charge is -2.13. The summed E-state index contributed by atoms with van der Waals surface area (Å²) < 4.78 is 25.3. The van der Waals surface area contributed by atoms with Crippen LogP contribution in [-0.4, -0.2) is 24.6 Å². The molecule has 2 aromatic rings. The number of hydrogen-bond donors (Lipinski definition) is 3. The van der Waals surface area contributed by atoms with E-state index < -0.39 is 22.0 Å². The summed E-state index contributed by atoms with van der Waals surface area (Å²) in [7, 11) is -3.83. The molecule has 0 aromatic heterocycles. The number of carbonyl (C=O) groups is 1. The zero-order valence-electron chi connectivity index (χ0n) is 10.6. The van der Waals surface area contributed by atoms with Gasteiger partial charge in [0.15, 0.2) is 6.23 Å². The van der Waals surface area contributed by atoms with Crippen LogP contribution in [0.2, 0.25) is 0 Å². The van der Waals surface area contributed by atoms with Crippen LogP contribution in [0, 0.1) is 0 Å². The summed E-state index contributed by atoms with van der Waals surface area (Å²) in [5.41, 5.74) is 0.235. The highest BCUT2D eigenvalue weighted by molar-refractivity contribution is 7.91. The lowest BCUT2D eigenvalue weighted by Crippen LogP contribution is -2.10. The number of aromatic carboxylic acids is 1. The monoisotopic (exact) mass is 305 g/mol. The first-order valence-corrected chi connectivity index (χ1v) is 7.55. The SMILES string of the molecule is O=C(O)c1ccc2c(c1)NC(O)c1ccccc1S2(=O)=O. The Morgan fingerprint density at radius 2 is 1.81 bits per heavy atom. The Morgan fingerprint density at radius 1 is 1.10 bits per heavy atom. The maximum atomic E-state index is 12.6. The Bertz CT molecular complexity index is 844. The van der Waals surface area contributed by atoms with Crippen molar-refractivity contribution in [2.75, 3.05) is 5.32 Å². The average molecular weight is 305 g/mol. The average Bonchev–Trinajstić information content (AvgIpc) is 2.54. The van der Waals surface area contributed by atoms with E-state index in [0.717, 1.165) is 0 Å². The summed E-state index contributed by atoms with van der Waals surface area (Å²) in [4.78, 5) is 10.9. The van der Waals surface area contributed by atoms with Crippen LogP contribution in [0.4, 0.5) is 5.69 Å². The van der Waals surface area contributed by atoms with Crippen LogP contribution < -0.4 is 5.32 Å². The number of carboxylic acids is 1. The number of carboxylic acid groups (broad SMARTS) is 1. The number of aliphatic hydroxyl groups is 1. The lowest BCUT2D eigenvalue weighted by molar-refractivity contribution is 0.0696. The molecule has 1 aliphatic rings. The van der Waals surface area contributed by atoms with Gasteiger partial charge in [-0.1, -0.05) is 18.2 Å². The number of fused-ring (bicyclic) bond motifs is 2. The van der Waals surface area contributed by atoms with E-state index in [1.807, 2.05) is 0 Å². The summed E-state index contributed by atoms with van der Waals surface area (Å²) in [5, 5.41) is 21.8. The van der Waals surface area contributed by atoms with Gasteiger partial charge in [0, 0.05) is 5.56 Å². The van der Waals surface area contributed by atoms with Crippen LogP contribution in [0.15, 0.2) is 52.3 Å². The van der Waals surface area contributed by atoms with Crippen LogP contribution in [0.25, 0.3) is 0 Å². The lowest BCUT2D eigenvalue weighted by atomic mass is 10.1. The number of rotatable bonds is 1. The Morgan fingerprint density at radius 3 is 2.52 bits per heavy atom. The minimum Gasteiger partial charge on any atom is -0.478 e. The molecule has 0 radical (unpaired) electrons. The Balaban J connectivity index is 2.31. The van der Waals surface area contributed by atoms with Crippen LogP contribution in [0.3, 0.4) is 0 Å². The second-order valence-corrected chi connectivity index (χ2v) is 6.49. The van der Waals surface area contributed by atoms with Crippen molar-refractivity contribution in [1.29, 1.82) is 0 Å². The summed E-state index contributed by atoms with van der Waals surface area (Å²) in [6.07, 6.45) is -1.23. The molecule has 0 fully saturated rings. The molecule has 1 heterocycles. The standard InChI is InChI=1S/C14H11NO5S/c16-13-9-3-1-2-4-11(9)21(19,20)12-6-5-8(14(17)18)7-10(12)15-13/h1-7,13,15-16H,(H,17,18). The first-order valence-electron chi connectivity index (χ1n) is 6.07. The van der Waals surface area contributed by atoms with E-state index in [-0.39, 0.29) is 26.6 Å². The fraction of sp³-hybridized carbons (Fsp3) is 0.0714. The molecular formula is C14H11NO5S. The van der Waals surface area contributed by atoms with Crippen LogP contribution >= 0.6 is 0 Å². The summed E-state index contributed by atoms with van der Waals surface area (Å²) in [6, 6.07) is 9.77. The molecule has 3 N–H and O–H groups in total. The molecule has 0 amide bonds. The topological polar surface area (TPSA) is 104 Å². The second-order valence-electron chi connectivity index (χ2n) is 4.60. The quantitative estimate of drug-likeness (QED) is 0.740. The van der Waals surface area contributed by atoms with E-state index >= 15 is 0 Å². The van der Waals surface area contributed by atoms with Gasteiger partial charge in [0.2, 0.25) is 9.84 Å². The minimum atomic E-state index is -3.83. The van der Waals surface area contributed by atoms with Gasteiger partial charge < -0.3 is 15.5 Å². The predicted octanol–water partition coefficient (Wildman–Crippen LogP) is 1.63. The molecule has 6 nitrogen and oxygen atoms in total. The highest BCUT2D eigenvalue weighted by atomic mass is 32.2. The third-order valence-corrected chi connectivity index (χ3v) is 5.20. The van der Waals surface area contributed by atoms with Gasteiger partial charge in [0.25, 0.3) is 0 Å². The molecule has 1 unspecified atom stereocenters. The zero-order chi connectivity index (χ0) is 15.2. The van der Waals surface area contributed by atoms with Crippen molar-refractivity contribution in [3.63, 3.8) is 0 Å². The van der Waals surface area contributed by atoms with E-state index in [0.29, 0.717) is 0 Å². The number of sulfone groups is 1. The number of hydrogen-bond acceptors (Lipinski definition) is 5. The molecule has 0 aliphatic carbocycles. The molecule has 1 atom stereocenters. The van der Waals surface area contributed by atoms with Crippen molar-refractivity contribution in [1.82, 2.24) is 0 Å². The third-order valence-electron chi connectivity index (χ3n) is 3.31. The van der Waals surface area contributed by atoms with Crippen molar-refractivity contribution in [3.05, 3.63) is 53.6 Å². The van der Waals surface area contributed by atoms with E-state index in [9.17, 15) is 18.3 Å². The Hall–Kier alpha value is -2.38. The smallest absolute Gasteiger partial charge is 0.335 e. The molecule has 7 heteroatoms. The number of nitrogens with one attached hydrogen (secondary N) is 1. The fourth-order valence-electron chi connectivity index (χ4n) is 2.30. The summed E-state index contributed by atoms with van der Waals surface area (Å²) in [6.45, 7) is 0. The van der Waals surface area contributed by atoms with Gasteiger partial charge in [-0.3, -0.25) is 0 Å². The maximum Gasteiger partial charge on any atom is 0.335 e. The Kier molecular flexibility index (Phi) is 2.96. The van der Waals surface area contributed by atoms with Crippen LogP contribution in [0.5, 0.6) is 0 Å². The largest absolute Gasteiger partial charge is 0.478 e. The molecule has 21 heavy (non-hydrogen) atoms. The molecule has 1 aliphatic heterocycles. The summed E-state index contributed by atoms with van der Waals surface area (Å²) in [5.74, 6) is -1.17. The Labute approximate surface area is 120 Å². The van der Waals surface area contributed by atoms with Gasteiger partial charge in [-0.2, -0.15) is 0 Å². The van der Waals surface area contributed by atoms with Gasteiger partial charge >= 0.3 is 5.97 Å². The second kappa shape index (κ2) is 4.57. The van der Waals surface area contributed by atoms with E-state index in [1.165, 1.54) is 30.3 Å². The molecule has 0 saturated heterocycles. The molecule has 3 rings (SSSR count). The zero-order valence-corrected chi connectivity index (χ0v) is 11.5. The maximum absolute atomic E-state index is 12.6. The number of aliphatic hydroxyl groups excluding tert-OH is 1. The number of anilines is 1. The summed E-state index contributed by atoms with van der Waals surface area (Å²) >= 11 is 0. The molecular weight excluding hydrogens is 294 g/mol. The van der Waals surface area contributed by atoms with E-state index in [2.05, 4.69) is 5.32 Å². The number of benzene rings is 2. The van der Waals surface area contributed by atoms with E-state index in [4.69, 9.17) is 5.11 Å². The van der Waals surface area contributed by atoms with Crippen molar-refractivity contribution < 1.29 is 23.4 Å². The molecule has 0 bridgehead atoms. The van der Waals surface area contributed by atoms with Crippen molar-refractivity contribution in [2.45, 2.75) is 16.0 Å². The van der Waals surface area contributed by atoms with Crippen molar-refractivity contribution in [2.24, 2.45) is 0 Å². The van der Waals surface area contributed by atoms with Crippen molar-refractivity contribution >= 4 is 21.5 Å². The normalized spacial score (nSPS) is 18.8. The van der Waals surface area contributed by atoms with Gasteiger partial charge in [-0.25, -0.2) is 13.2 Å². The highest BCUT2D eigenvalue weighted by Crippen LogP contribution is 2.37. The molecule has 108 valence electrons. The minimum absolute atomic E-state index is 0.00632. The van der Waals surface area contributed by atoms with Crippen LogP contribution in [-0.2, 0) is 9.84 Å². The molecule has 0 saturated carbocycles. The third kappa shape index (κ3) is 2.07. The first-order chi connectivity index (χ1) is 9.91. The van der Waals surface area contributed by atoms with Crippen molar-refractivity contribution in [3.8, 4) is 0 Å². The fourth-order valence-corrected chi connectivity index (χ4v) is 3.94. The van der Waals surface area contributed by atoms with Crippen LogP contribution in [0.1, 0.15) is 22.1 Å². The van der Waals surface area contributed by atoms with Gasteiger partial charge in [-0.15, -0.1) is 0 Å². The van der Waals surface area contributed by atoms with Gasteiger partial charge in [0.1, 0.15) is 0 Å². The molecule has 0 spiro atoms. The highest BCUT2D eigenvalue weighted by Gasteiger charge is 2.31. The van der Waals surface area contributed by atoms with Gasteiger partial charge in [0.05, 0.1) is 21.0 Å².